The lowest BCUT2D eigenvalue weighted by Gasteiger charge is -2.18. The molecule has 7 heteroatoms. The third-order valence-corrected chi connectivity index (χ3v) is 3.88. The van der Waals surface area contributed by atoms with Crippen molar-refractivity contribution in [3.63, 3.8) is 0 Å². The quantitative estimate of drug-likeness (QED) is 0.908. The largest absolute Gasteiger partial charge is 0.416 e. The molecule has 3 nitrogen and oxygen atoms in total. The predicted molar refractivity (Wildman–Crippen MR) is 72.1 cm³/mol. The monoisotopic (exact) mass is 321 g/mol. The highest BCUT2D eigenvalue weighted by molar-refractivity contribution is 6.31. The van der Waals surface area contributed by atoms with Crippen molar-refractivity contribution in [2.75, 3.05) is 13.1 Å². The second-order valence-corrected chi connectivity index (χ2v) is 5.70. The average Bonchev–Trinajstić information content (AvgIpc) is 2.85. The lowest BCUT2D eigenvalue weighted by molar-refractivity contribution is -0.137. The highest BCUT2D eigenvalue weighted by Gasteiger charge is 2.34. The summed E-state index contributed by atoms with van der Waals surface area (Å²) in [6.45, 7) is 2.40. The fourth-order valence-electron chi connectivity index (χ4n) is 2.42. The van der Waals surface area contributed by atoms with Gasteiger partial charge in [-0.25, -0.2) is 0 Å². The lowest BCUT2D eigenvalue weighted by atomic mass is 10.0. The van der Waals surface area contributed by atoms with Gasteiger partial charge in [0.15, 0.2) is 0 Å². The Bertz CT molecular complexity index is 546. The highest BCUT2D eigenvalue weighted by Crippen LogP contribution is 2.32. The van der Waals surface area contributed by atoms with Crippen LogP contribution in [0.4, 0.5) is 13.2 Å². The summed E-state index contributed by atoms with van der Waals surface area (Å²) in [6, 6.07) is 2.83. The lowest BCUT2D eigenvalue weighted by Crippen LogP contribution is -2.30. The number of hydrogen-bond donors (Lipinski definition) is 1. The van der Waals surface area contributed by atoms with Crippen LogP contribution in [0.2, 0.25) is 5.02 Å². The second-order valence-electron chi connectivity index (χ2n) is 5.27. The second kappa shape index (κ2) is 5.85. The van der Waals surface area contributed by atoms with Gasteiger partial charge in [0, 0.05) is 29.6 Å². The summed E-state index contributed by atoms with van der Waals surface area (Å²) in [5.41, 5.74) is -1.02. The average molecular weight is 322 g/mol. The summed E-state index contributed by atoms with van der Waals surface area (Å²) in [5, 5.41) is 9.38. The fraction of sp³-hybridized carbons (Fsp3) is 0.500. The van der Waals surface area contributed by atoms with Gasteiger partial charge in [-0.05, 0) is 31.5 Å². The molecule has 1 amide bonds. The van der Waals surface area contributed by atoms with Crippen LogP contribution < -0.4 is 0 Å². The van der Waals surface area contributed by atoms with Crippen molar-refractivity contribution < 1.29 is 23.1 Å². The molecule has 2 atom stereocenters. The number of benzene rings is 1. The van der Waals surface area contributed by atoms with Gasteiger partial charge in [-0.1, -0.05) is 11.6 Å². The van der Waals surface area contributed by atoms with Crippen LogP contribution in [-0.2, 0) is 6.18 Å². The SMILES string of the molecule is C[C@@H](O)[C@H]1CCN(C(=O)c2cc(Cl)cc(C(F)(F)F)c2)C1. The van der Waals surface area contributed by atoms with Crippen LogP contribution in [0.3, 0.4) is 0 Å². The van der Waals surface area contributed by atoms with Gasteiger partial charge in [0.2, 0.25) is 0 Å². The van der Waals surface area contributed by atoms with E-state index in [1.54, 1.807) is 6.92 Å². The summed E-state index contributed by atoms with van der Waals surface area (Å²) in [6.07, 6.45) is -4.46. The van der Waals surface area contributed by atoms with Crippen molar-refractivity contribution in [2.45, 2.75) is 25.6 Å². The van der Waals surface area contributed by atoms with Crippen LogP contribution in [0, 0.1) is 5.92 Å². The Morgan fingerprint density at radius 3 is 2.62 bits per heavy atom. The van der Waals surface area contributed by atoms with Crippen molar-refractivity contribution in [3.05, 3.63) is 34.3 Å². The van der Waals surface area contributed by atoms with E-state index < -0.39 is 23.8 Å². The number of rotatable bonds is 2. The number of alkyl halides is 3. The number of nitrogens with zero attached hydrogens (tertiary/aromatic N) is 1. The maximum absolute atomic E-state index is 12.7. The van der Waals surface area contributed by atoms with Gasteiger partial charge in [-0.2, -0.15) is 13.2 Å². The zero-order chi connectivity index (χ0) is 15.8. The van der Waals surface area contributed by atoms with E-state index in [1.165, 1.54) is 11.0 Å². The van der Waals surface area contributed by atoms with E-state index in [-0.39, 0.29) is 16.5 Å². The smallest absolute Gasteiger partial charge is 0.393 e. The van der Waals surface area contributed by atoms with Crippen LogP contribution in [0.1, 0.15) is 29.3 Å². The molecule has 2 rings (SSSR count). The predicted octanol–water partition coefficient (Wildman–Crippen LogP) is 3.20. The Morgan fingerprint density at radius 1 is 1.43 bits per heavy atom. The first kappa shape index (κ1) is 16.1. The Labute approximate surface area is 125 Å². The number of halogens is 4. The molecule has 1 fully saturated rings. The van der Waals surface area contributed by atoms with Crippen LogP contribution in [0.25, 0.3) is 0 Å². The first-order valence-corrected chi connectivity index (χ1v) is 6.91. The molecule has 0 saturated carbocycles. The minimum atomic E-state index is -4.55. The Hall–Kier alpha value is -1.27. The number of carbonyl (C=O) groups excluding carboxylic acids is 1. The van der Waals surface area contributed by atoms with Crippen LogP contribution in [-0.4, -0.2) is 35.1 Å². The van der Waals surface area contributed by atoms with Gasteiger partial charge < -0.3 is 10.0 Å². The van der Waals surface area contributed by atoms with Crippen molar-refractivity contribution in [3.8, 4) is 0 Å². The zero-order valence-corrected chi connectivity index (χ0v) is 12.1. The van der Waals surface area contributed by atoms with Gasteiger partial charge in [-0.3, -0.25) is 4.79 Å². The molecular formula is C14H15ClF3NO2. The van der Waals surface area contributed by atoms with Gasteiger partial charge >= 0.3 is 6.18 Å². The molecule has 1 saturated heterocycles. The van der Waals surface area contributed by atoms with E-state index in [4.69, 9.17) is 11.6 Å². The topological polar surface area (TPSA) is 40.5 Å². The van der Waals surface area contributed by atoms with E-state index in [0.717, 1.165) is 12.1 Å². The summed E-state index contributed by atoms with van der Waals surface area (Å²) in [7, 11) is 0. The molecule has 1 aromatic carbocycles. The van der Waals surface area contributed by atoms with E-state index in [9.17, 15) is 23.1 Å². The van der Waals surface area contributed by atoms with Crippen molar-refractivity contribution >= 4 is 17.5 Å². The Kier molecular flexibility index (Phi) is 4.49. The van der Waals surface area contributed by atoms with E-state index in [2.05, 4.69) is 0 Å². The van der Waals surface area contributed by atoms with E-state index in [0.29, 0.717) is 19.5 Å². The first-order valence-electron chi connectivity index (χ1n) is 6.53. The minimum Gasteiger partial charge on any atom is -0.393 e. The molecule has 1 N–H and O–H groups in total. The standard InChI is InChI=1S/C14H15ClF3NO2/c1-8(20)9-2-3-19(7-9)13(21)10-4-11(14(16,17)18)6-12(15)5-10/h4-6,8-9,20H,2-3,7H2,1H3/t8-,9+/m1/s1. The molecule has 1 aromatic rings. The van der Waals surface area contributed by atoms with Crippen molar-refractivity contribution in [1.82, 2.24) is 4.90 Å². The number of amides is 1. The normalized spacial score (nSPS) is 20.7. The molecule has 116 valence electrons. The number of carbonyl (C=O) groups is 1. The molecule has 1 heterocycles. The first-order chi connectivity index (χ1) is 9.68. The fourth-order valence-corrected chi connectivity index (χ4v) is 2.66. The number of likely N-dealkylation sites (tertiary alicyclic amines) is 1. The van der Waals surface area contributed by atoms with Crippen LogP contribution in [0.5, 0.6) is 0 Å². The molecule has 0 aromatic heterocycles. The zero-order valence-electron chi connectivity index (χ0n) is 11.3. The summed E-state index contributed by atoms with van der Waals surface area (Å²) in [5.74, 6) is -0.540. The van der Waals surface area contributed by atoms with Gasteiger partial charge in [0.25, 0.3) is 5.91 Å². The third-order valence-electron chi connectivity index (χ3n) is 3.67. The maximum Gasteiger partial charge on any atom is 0.416 e. The van der Waals surface area contributed by atoms with Crippen molar-refractivity contribution in [1.29, 1.82) is 0 Å². The van der Waals surface area contributed by atoms with E-state index in [1.807, 2.05) is 0 Å². The molecule has 0 radical (unpaired) electrons. The van der Waals surface area contributed by atoms with Crippen molar-refractivity contribution in [2.24, 2.45) is 5.92 Å². The van der Waals surface area contributed by atoms with Crippen LogP contribution in [0.15, 0.2) is 18.2 Å². The van der Waals surface area contributed by atoms with Gasteiger partial charge in [-0.15, -0.1) is 0 Å². The van der Waals surface area contributed by atoms with Gasteiger partial charge in [0.05, 0.1) is 11.7 Å². The molecule has 0 aliphatic carbocycles. The molecule has 1 aliphatic heterocycles. The molecule has 0 bridgehead atoms. The van der Waals surface area contributed by atoms with Crippen LogP contribution >= 0.6 is 11.6 Å². The highest BCUT2D eigenvalue weighted by atomic mass is 35.5. The summed E-state index contributed by atoms with van der Waals surface area (Å²) >= 11 is 5.68. The van der Waals surface area contributed by atoms with E-state index >= 15 is 0 Å². The van der Waals surface area contributed by atoms with Gasteiger partial charge in [0.1, 0.15) is 0 Å². The molecule has 21 heavy (non-hydrogen) atoms. The molecule has 1 aliphatic rings. The number of hydrogen-bond acceptors (Lipinski definition) is 2. The number of aliphatic hydroxyl groups excluding tert-OH is 1. The maximum atomic E-state index is 12.7. The molecule has 0 unspecified atom stereocenters. The molecular weight excluding hydrogens is 307 g/mol. The Balaban J connectivity index is 2.22. The molecule has 0 spiro atoms. The number of aliphatic hydroxyl groups is 1. The summed E-state index contributed by atoms with van der Waals surface area (Å²) < 4.78 is 38.2. The summed E-state index contributed by atoms with van der Waals surface area (Å²) in [4.78, 5) is 13.7. The minimum absolute atomic E-state index is 0.0461. The Morgan fingerprint density at radius 2 is 2.10 bits per heavy atom. The third kappa shape index (κ3) is 3.68.